The summed E-state index contributed by atoms with van der Waals surface area (Å²) in [6.45, 7) is 2.10. The lowest BCUT2D eigenvalue weighted by Crippen LogP contribution is -2.41. The minimum atomic E-state index is -0.426. The molecule has 2 atom stereocenters. The van der Waals surface area contributed by atoms with Crippen LogP contribution in [0.2, 0.25) is 5.02 Å². The number of fused-ring (bicyclic) bond motifs is 1. The predicted octanol–water partition coefficient (Wildman–Crippen LogP) is 4.28. The van der Waals surface area contributed by atoms with Gasteiger partial charge in [0.05, 0.1) is 16.8 Å². The zero-order valence-corrected chi connectivity index (χ0v) is 16.9. The minimum absolute atomic E-state index is 0.134. The van der Waals surface area contributed by atoms with Gasteiger partial charge in [-0.2, -0.15) is 0 Å². The fourth-order valence-corrected chi connectivity index (χ4v) is 4.44. The molecule has 2 heterocycles. The summed E-state index contributed by atoms with van der Waals surface area (Å²) < 4.78 is 1.91. The number of anilines is 1. The van der Waals surface area contributed by atoms with E-state index < -0.39 is 5.25 Å². The van der Waals surface area contributed by atoms with Gasteiger partial charge in [-0.05, 0) is 24.1 Å². The molecule has 0 bridgehead atoms. The van der Waals surface area contributed by atoms with Crippen molar-refractivity contribution in [2.75, 3.05) is 10.7 Å². The number of rotatable bonds is 5. The Kier molecular flexibility index (Phi) is 5.54. The number of aromatic nitrogens is 3. The van der Waals surface area contributed by atoms with E-state index in [4.69, 9.17) is 11.6 Å². The van der Waals surface area contributed by atoms with Gasteiger partial charge >= 0.3 is 0 Å². The van der Waals surface area contributed by atoms with E-state index in [1.165, 1.54) is 11.8 Å². The maximum atomic E-state index is 13.2. The second kappa shape index (κ2) is 8.24. The summed E-state index contributed by atoms with van der Waals surface area (Å²) in [4.78, 5) is 13.2. The molecule has 3 aromatic rings. The molecule has 0 unspecified atom stereocenters. The lowest BCUT2D eigenvalue weighted by Gasteiger charge is -2.33. The second-order valence-electron chi connectivity index (χ2n) is 6.51. The first-order chi connectivity index (χ1) is 13.7. The highest BCUT2D eigenvalue weighted by molar-refractivity contribution is 8.00. The van der Waals surface area contributed by atoms with Crippen molar-refractivity contribution < 1.29 is 4.79 Å². The van der Waals surface area contributed by atoms with Gasteiger partial charge in [0.25, 0.3) is 0 Å². The highest BCUT2D eigenvalue weighted by Crippen LogP contribution is 2.38. The maximum Gasteiger partial charge on any atom is 0.240 e. The van der Waals surface area contributed by atoms with Gasteiger partial charge in [0.1, 0.15) is 5.25 Å². The van der Waals surface area contributed by atoms with E-state index in [1.807, 2.05) is 47.1 Å². The van der Waals surface area contributed by atoms with Crippen LogP contribution in [-0.2, 0) is 11.2 Å². The quantitative estimate of drug-likeness (QED) is 0.653. The molecule has 0 radical (unpaired) electrons. The van der Waals surface area contributed by atoms with Crippen molar-refractivity contribution in [1.82, 2.24) is 14.9 Å². The van der Waals surface area contributed by atoms with E-state index in [2.05, 4.69) is 27.9 Å². The van der Waals surface area contributed by atoms with Crippen LogP contribution in [0.15, 0.2) is 59.8 Å². The van der Waals surface area contributed by atoms with Crippen molar-refractivity contribution in [1.29, 1.82) is 0 Å². The molecule has 0 saturated heterocycles. The van der Waals surface area contributed by atoms with Crippen molar-refractivity contribution in [2.45, 2.75) is 36.2 Å². The summed E-state index contributed by atoms with van der Waals surface area (Å²) in [6.07, 6.45) is 1.79. The molecule has 1 aromatic heterocycles. The van der Waals surface area contributed by atoms with Crippen LogP contribution in [0, 0.1) is 0 Å². The highest BCUT2D eigenvalue weighted by atomic mass is 35.5. The van der Waals surface area contributed by atoms with Gasteiger partial charge in [0.2, 0.25) is 11.1 Å². The van der Waals surface area contributed by atoms with Gasteiger partial charge in [0, 0.05) is 6.42 Å². The van der Waals surface area contributed by atoms with E-state index in [0.29, 0.717) is 15.9 Å². The normalized spacial score (nSPS) is 18.2. The number of thioether (sulfide) groups is 1. The Morgan fingerprint density at radius 1 is 1.18 bits per heavy atom. The number of hydrogen-bond acceptors (Lipinski definition) is 5. The smallest absolute Gasteiger partial charge is 0.240 e. The first kappa shape index (κ1) is 18.8. The van der Waals surface area contributed by atoms with Gasteiger partial charge in [-0.25, -0.2) is 4.68 Å². The first-order valence-electron chi connectivity index (χ1n) is 9.15. The monoisotopic (exact) mass is 413 g/mol. The summed E-state index contributed by atoms with van der Waals surface area (Å²) in [6, 6.07) is 16.9. The Morgan fingerprint density at radius 3 is 2.68 bits per heavy atom. The Bertz CT molecular complexity index is 978. The number of benzene rings is 2. The molecule has 0 saturated carbocycles. The number of amides is 1. The molecule has 2 N–H and O–H groups in total. The number of nitrogens with zero attached hydrogens (tertiary/aromatic N) is 3. The zero-order chi connectivity index (χ0) is 19.5. The van der Waals surface area contributed by atoms with E-state index in [0.717, 1.165) is 24.2 Å². The van der Waals surface area contributed by atoms with E-state index >= 15 is 0 Å². The molecule has 0 aliphatic carbocycles. The number of carbonyl (C=O) groups is 1. The molecule has 4 rings (SSSR count). The molecule has 1 amide bonds. The number of para-hydroxylation sites is 1. The molecule has 0 fully saturated rings. The number of nitrogens with one attached hydrogen (secondary N) is 2. The highest BCUT2D eigenvalue weighted by Gasteiger charge is 2.37. The average Bonchev–Trinajstić information content (AvgIpc) is 3.11. The van der Waals surface area contributed by atoms with Crippen LogP contribution in [0.3, 0.4) is 0 Å². The van der Waals surface area contributed by atoms with Gasteiger partial charge < -0.3 is 10.7 Å². The molecule has 0 spiro atoms. The maximum absolute atomic E-state index is 13.2. The third-order valence-electron chi connectivity index (χ3n) is 4.53. The molecule has 6 nitrogen and oxygen atoms in total. The molecular formula is C20H20ClN5OS. The lowest BCUT2D eigenvalue weighted by atomic mass is 10.0. The molecule has 1 aliphatic heterocycles. The Morgan fingerprint density at radius 2 is 1.93 bits per heavy atom. The number of hydrogen-bond donors (Lipinski definition) is 2. The van der Waals surface area contributed by atoms with Crippen molar-refractivity contribution in [3.63, 3.8) is 0 Å². The molecule has 1 aliphatic rings. The van der Waals surface area contributed by atoms with E-state index in [-0.39, 0.29) is 11.9 Å². The van der Waals surface area contributed by atoms with Crippen LogP contribution < -0.4 is 10.7 Å². The fraction of sp³-hybridized carbons (Fsp3) is 0.250. The molecule has 144 valence electrons. The summed E-state index contributed by atoms with van der Waals surface area (Å²) >= 11 is 7.63. The number of halogens is 1. The Hall–Kier alpha value is -2.51. The predicted molar refractivity (Wildman–Crippen MR) is 112 cm³/mol. The summed E-state index contributed by atoms with van der Waals surface area (Å²) in [5.74, 6) is 0.738. The topological polar surface area (TPSA) is 71.8 Å². The number of carbonyl (C=O) groups excluding carboxylic acids is 1. The third-order valence-corrected chi connectivity index (χ3v) is 6.07. The summed E-state index contributed by atoms with van der Waals surface area (Å²) in [5.41, 5.74) is 5.08. The largest absolute Gasteiger partial charge is 0.324 e. The standard InChI is InChI=1S/C20H20ClN5OS/c1-2-8-16-23-24-20-26(16)25-17(13-9-4-3-5-10-13)18(28-20)19(27)22-15-12-7-6-11-14(15)21/h3-7,9-12,17-18,25H,2,8H2,1H3,(H,22,27)/t17-,18+/m1/s1. The van der Waals surface area contributed by atoms with Crippen LogP contribution in [0.4, 0.5) is 5.69 Å². The first-order valence-corrected chi connectivity index (χ1v) is 10.4. The van der Waals surface area contributed by atoms with Gasteiger partial charge in [0.15, 0.2) is 5.82 Å². The van der Waals surface area contributed by atoms with Crippen molar-refractivity contribution in [3.8, 4) is 0 Å². The zero-order valence-electron chi connectivity index (χ0n) is 15.3. The summed E-state index contributed by atoms with van der Waals surface area (Å²) in [5, 5.41) is 12.3. The van der Waals surface area contributed by atoms with Crippen LogP contribution >= 0.6 is 23.4 Å². The molecule has 8 heteroatoms. The number of aryl methyl sites for hydroxylation is 1. The van der Waals surface area contributed by atoms with E-state index in [1.54, 1.807) is 12.1 Å². The van der Waals surface area contributed by atoms with Gasteiger partial charge in [-0.1, -0.05) is 72.8 Å². The second-order valence-corrected chi connectivity index (χ2v) is 8.03. The van der Waals surface area contributed by atoms with Crippen LogP contribution in [0.1, 0.15) is 30.8 Å². The lowest BCUT2D eigenvalue weighted by molar-refractivity contribution is -0.116. The fourth-order valence-electron chi connectivity index (χ4n) is 3.16. The van der Waals surface area contributed by atoms with Gasteiger partial charge in [-0.3, -0.25) is 4.79 Å². The Labute approximate surface area is 172 Å². The SMILES string of the molecule is CCCc1nnc2n1N[C@H](c1ccccc1)[C@@H](C(=O)Nc1ccccc1Cl)S2. The van der Waals surface area contributed by atoms with Crippen LogP contribution in [0.5, 0.6) is 0 Å². The average molecular weight is 414 g/mol. The molecular weight excluding hydrogens is 394 g/mol. The van der Waals surface area contributed by atoms with Crippen molar-refractivity contribution in [3.05, 3.63) is 71.0 Å². The van der Waals surface area contributed by atoms with Crippen LogP contribution in [-0.4, -0.2) is 26.0 Å². The molecule has 2 aromatic carbocycles. The van der Waals surface area contributed by atoms with Crippen LogP contribution in [0.25, 0.3) is 0 Å². The van der Waals surface area contributed by atoms with Crippen molar-refractivity contribution >= 4 is 35.0 Å². The van der Waals surface area contributed by atoms with E-state index in [9.17, 15) is 4.79 Å². The Balaban J connectivity index is 1.67. The van der Waals surface area contributed by atoms with Gasteiger partial charge in [-0.15, -0.1) is 10.2 Å². The summed E-state index contributed by atoms with van der Waals surface area (Å²) in [7, 11) is 0. The van der Waals surface area contributed by atoms with Crippen molar-refractivity contribution in [2.24, 2.45) is 0 Å². The minimum Gasteiger partial charge on any atom is -0.324 e. The molecule has 28 heavy (non-hydrogen) atoms. The third kappa shape index (κ3) is 3.72.